The monoisotopic (exact) mass is 265 g/mol. The van der Waals surface area contributed by atoms with E-state index in [9.17, 15) is 9.18 Å². The lowest BCUT2D eigenvalue weighted by Crippen LogP contribution is -2.25. The molecule has 1 N–H and O–H groups in total. The zero-order valence-corrected chi connectivity index (χ0v) is 11.8. The van der Waals surface area contributed by atoms with E-state index in [4.69, 9.17) is 5.41 Å². The Morgan fingerprint density at radius 3 is 2.32 bits per heavy atom. The number of nitrogens with zero attached hydrogens (tertiary/aromatic N) is 2. The van der Waals surface area contributed by atoms with Gasteiger partial charge in [0.1, 0.15) is 11.7 Å². The van der Waals surface area contributed by atoms with Gasteiger partial charge in [-0.2, -0.15) is 0 Å². The first kappa shape index (κ1) is 15.1. The number of unbranched alkanes of at least 4 members (excludes halogenated alkanes) is 1. The molecule has 0 aliphatic heterocycles. The normalized spacial score (nSPS) is 10.2. The van der Waals surface area contributed by atoms with Crippen LogP contribution < -0.4 is 5.69 Å². The number of hydrogen-bond donors (Lipinski definition) is 1. The summed E-state index contributed by atoms with van der Waals surface area (Å²) in [6, 6.07) is 4.09. The smallest absolute Gasteiger partial charge is 0.295 e. The third kappa shape index (κ3) is 3.10. The molecule has 0 amide bonds. The predicted octanol–water partition coefficient (Wildman–Crippen LogP) is 3.13. The van der Waals surface area contributed by atoms with Gasteiger partial charge < -0.3 is 0 Å². The number of fused-ring (bicyclic) bond motifs is 1. The van der Waals surface area contributed by atoms with E-state index in [1.54, 1.807) is 7.05 Å². The first-order valence-electron chi connectivity index (χ1n) is 6.36. The number of rotatable bonds is 1. The van der Waals surface area contributed by atoms with Crippen molar-refractivity contribution in [3.05, 3.63) is 34.5 Å². The molecule has 0 aliphatic rings. The minimum Gasteiger partial charge on any atom is -0.295 e. The van der Waals surface area contributed by atoms with Crippen LogP contribution in [-0.2, 0) is 7.05 Å². The van der Waals surface area contributed by atoms with Crippen molar-refractivity contribution in [2.24, 2.45) is 7.05 Å². The maximum Gasteiger partial charge on any atom is 0.334 e. The molecular weight excluding hydrogens is 245 g/mol. The van der Waals surface area contributed by atoms with Crippen LogP contribution in [0, 0.1) is 11.2 Å². The average Bonchev–Trinajstić information content (AvgIpc) is 2.61. The summed E-state index contributed by atoms with van der Waals surface area (Å²) in [6.45, 7) is 5.85. The number of benzene rings is 1. The number of aromatic nitrogens is 2. The number of halogens is 1. The van der Waals surface area contributed by atoms with Crippen LogP contribution in [0.1, 0.15) is 33.6 Å². The first-order chi connectivity index (χ1) is 8.93. The summed E-state index contributed by atoms with van der Waals surface area (Å²) in [7, 11) is 1.60. The van der Waals surface area contributed by atoms with Gasteiger partial charge >= 0.3 is 5.69 Å². The summed E-state index contributed by atoms with van der Waals surface area (Å²) < 4.78 is 15.6. The van der Waals surface area contributed by atoms with Gasteiger partial charge in [-0.25, -0.2) is 13.8 Å². The fraction of sp³-hybridized carbons (Fsp3) is 0.429. The number of hydrogen-bond acceptors (Lipinski definition) is 2. The zero-order valence-electron chi connectivity index (χ0n) is 11.8. The molecule has 0 saturated heterocycles. The first-order valence-corrected chi connectivity index (χ1v) is 6.36. The van der Waals surface area contributed by atoms with E-state index in [-0.39, 0.29) is 11.5 Å². The molecule has 0 saturated carbocycles. The molecule has 104 valence electrons. The molecule has 0 atom stereocenters. The van der Waals surface area contributed by atoms with Crippen molar-refractivity contribution < 1.29 is 4.39 Å². The number of aryl methyl sites for hydroxylation is 1. The van der Waals surface area contributed by atoms with Gasteiger partial charge in [0, 0.05) is 13.1 Å². The standard InChI is InChI=1S/C10H10FN3O.C4H10/c1-6(12)14-9-5-7(11)3-4-8(9)13(2)10(14)15;1-3-4-2/h3-5,12H,1-2H3;3-4H2,1-2H3. The largest absolute Gasteiger partial charge is 0.334 e. The third-order valence-electron chi connectivity index (χ3n) is 2.85. The second-order valence-electron chi connectivity index (χ2n) is 4.40. The van der Waals surface area contributed by atoms with Gasteiger partial charge in [-0.05, 0) is 19.1 Å². The van der Waals surface area contributed by atoms with Gasteiger partial charge in [0.25, 0.3) is 0 Å². The topological polar surface area (TPSA) is 50.8 Å². The van der Waals surface area contributed by atoms with Gasteiger partial charge in [0.2, 0.25) is 0 Å². The van der Waals surface area contributed by atoms with Gasteiger partial charge in [0.15, 0.2) is 0 Å². The Kier molecular flexibility index (Phi) is 5.03. The molecule has 1 heterocycles. The zero-order chi connectivity index (χ0) is 14.6. The Morgan fingerprint density at radius 1 is 1.26 bits per heavy atom. The SMILES string of the molecule is CC(=N)n1c(=O)n(C)c2ccc(F)cc21.CCCC. The summed E-state index contributed by atoms with van der Waals surface area (Å²) in [5, 5.41) is 7.47. The van der Waals surface area contributed by atoms with Crippen molar-refractivity contribution >= 4 is 16.9 Å². The lowest BCUT2D eigenvalue weighted by Gasteiger charge is -1.98. The summed E-state index contributed by atoms with van der Waals surface area (Å²) in [5.74, 6) is -0.334. The minimum atomic E-state index is -0.414. The molecule has 0 spiro atoms. The highest BCUT2D eigenvalue weighted by molar-refractivity contribution is 5.90. The molecule has 0 aliphatic carbocycles. The van der Waals surface area contributed by atoms with Crippen LogP contribution in [-0.4, -0.2) is 15.0 Å². The molecule has 4 nitrogen and oxygen atoms in total. The highest BCUT2D eigenvalue weighted by atomic mass is 19.1. The van der Waals surface area contributed by atoms with E-state index < -0.39 is 5.82 Å². The Labute approximate surface area is 112 Å². The van der Waals surface area contributed by atoms with Crippen molar-refractivity contribution in [1.82, 2.24) is 9.13 Å². The third-order valence-corrected chi connectivity index (χ3v) is 2.85. The Bertz CT molecular complexity index is 638. The molecule has 2 rings (SSSR count). The highest BCUT2D eigenvalue weighted by Gasteiger charge is 2.12. The van der Waals surface area contributed by atoms with Crippen molar-refractivity contribution in [3.8, 4) is 0 Å². The van der Waals surface area contributed by atoms with E-state index in [1.807, 2.05) is 0 Å². The molecule has 0 fully saturated rings. The molecule has 0 radical (unpaired) electrons. The van der Waals surface area contributed by atoms with Gasteiger partial charge in [-0.1, -0.05) is 26.7 Å². The quantitative estimate of drug-likeness (QED) is 0.625. The van der Waals surface area contributed by atoms with Gasteiger partial charge in [-0.3, -0.25) is 9.98 Å². The van der Waals surface area contributed by atoms with Crippen molar-refractivity contribution in [2.75, 3.05) is 0 Å². The number of nitrogens with one attached hydrogen (secondary N) is 1. The fourth-order valence-electron chi connectivity index (χ4n) is 1.64. The molecule has 0 bridgehead atoms. The lowest BCUT2D eigenvalue weighted by molar-refractivity contribution is 0.629. The van der Waals surface area contributed by atoms with Crippen molar-refractivity contribution in [2.45, 2.75) is 33.6 Å². The number of imidazole rings is 1. The van der Waals surface area contributed by atoms with E-state index in [1.165, 1.54) is 47.1 Å². The fourth-order valence-corrected chi connectivity index (χ4v) is 1.64. The predicted molar refractivity (Wildman–Crippen MR) is 76.5 cm³/mol. The Hall–Kier alpha value is -1.91. The van der Waals surface area contributed by atoms with E-state index in [2.05, 4.69) is 13.8 Å². The van der Waals surface area contributed by atoms with E-state index in [0.29, 0.717) is 11.0 Å². The van der Waals surface area contributed by atoms with Crippen LogP contribution in [0.2, 0.25) is 0 Å². The maximum atomic E-state index is 13.0. The van der Waals surface area contributed by atoms with E-state index in [0.717, 1.165) is 0 Å². The molecule has 1 aromatic heterocycles. The molecule has 0 unspecified atom stereocenters. The second-order valence-corrected chi connectivity index (χ2v) is 4.40. The van der Waals surface area contributed by atoms with E-state index >= 15 is 0 Å². The highest BCUT2D eigenvalue weighted by Crippen LogP contribution is 2.13. The van der Waals surface area contributed by atoms with Crippen LogP contribution in [0.3, 0.4) is 0 Å². The summed E-state index contributed by atoms with van der Waals surface area (Å²) >= 11 is 0. The lowest BCUT2D eigenvalue weighted by atomic mass is 10.3. The van der Waals surface area contributed by atoms with Crippen molar-refractivity contribution in [1.29, 1.82) is 5.41 Å². The summed E-state index contributed by atoms with van der Waals surface area (Å²) in [6.07, 6.45) is 2.64. The van der Waals surface area contributed by atoms with Gasteiger partial charge in [-0.15, -0.1) is 0 Å². The second kappa shape index (κ2) is 6.31. The van der Waals surface area contributed by atoms with Crippen LogP contribution >= 0.6 is 0 Å². The van der Waals surface area contributed by atoms with Crippen LogP contribution in [0.15, 0.2) is 23.0 Å². The maximum absolute atomic E-state index is 13.0. The summed E-state index contributed by atoms with van der Waals surface area (Å²) in [4.78, 5) is 11.7. The van der Waals surface area contributed by atoms with Crippen LogP contribution in [0.4, 0.5) is 4.39 Å². The Balaban J connectivity index is 0.000000399. The molecule has 5 heteroatoms. The molecule has 2 aromatic rings. The van der Waals surface area contributed by atoms with Crippen molar-refractivity contribution in [3.63, 3.8) is 0 Å². The van der Waals surface area contributed by atoms with Crippen LogP contribution in [0.25, 0.3) is 11.0 Å². The molecular formula is C14H20FN3O. The average molecular weight is 265 g/mol. The van der Waals surface area contributed by atoms with Crippen LogP contribution in [0.5, 0.6) is 0 Å². The summed E-state index contributed by atoms with van der Waals surface area (Å²) in [5.41, 5.74) is 0.714. The Morgan fingerprint density at radius 2 is 1.84 bits per heavy atom. The molecule has 1 aromatic carbocycles. The molecule has 19 heavy (non-hydrogen) atoms. The minimum absolute atomic E-state index is 0.0798. The van der Waals surface area contributed by atoms with Gasteiger partial charge in [0.05, 0.1) is 11.0 Å².